The normalized spacial score (nSPS) is 21.4. The molecule has 2 rings (SSSR count). The molecule has 0 bridgehead atoms. The van der Waals surface area contributed by atoms with E-state index in [1.54, 1.807) is 0 Å². The summed E-state index contributed by atoms with van der Waals surface area (Å²) in [6.45, 7) is -0.0998. The zero-order chi connectivity index (χ0) is 14.4. The average molecular weight is 275 g/mol. The van der Waals surface area contributed by atoms with Crippen molar-refractivity contribution in [3.8, 4) is 0 Å². The van der Waals surface area contributed by atoms with Gasteiger partial charge < -0.3 is 16.4 Å². The van der Waals surface area contributed by atoms with Gasteiger partial charge in [-0.2, -0.15) is 0 Å². The fraction of sp³-hybridized carbons (Fsp3) is 0.467. The standard InChI is InChI=1S/C15H21N3O2/c16-9-14(19)17-10-15(20)18-13-8-4-7-12(13)11-5-2-1-3-6-11/h1-3,5-6,12-13H,4,7-10,16H2,(H,17,19)(H,18,20). The van der Waals surface area contributed by atoms with Crippen molar-refractivity contribution in [3.63, 3.8) is 0 Å². The third kappa shape index (κ3) is 3.81. The van der Waals surface area contributed by atoms with Crippen LogP contribution in [0, 0.1) is 0 Å². The molecule has 1 fully saturated rings. The SMILES string of the molecule is NCC(=O)NCC(=O)NC1CCCC1c1ccccc1. The van der Waals surface area contributed by atoms with Crippen molar-refractivity contribution < 1.29 is 9.59 Å². The summed E-state index contributed by atoms with van der Waals surface area (Å²) in [5, 5.41) is 5.50. The maximum absolute atomic E-state index is 11.8. The molecule has 5 nitrogen and oxygen atoms in total. The smallest absolute Gasteiger partial charge is 0.239 e. The fourth-order valence-corrected chi connectivity index (χ4v) is 2.74. The Kier molecular flexibility index (Phi) is 5.12. The number of carbonyl (C=O) groups is 2. The van der Waals surface area contributed by atoms with Gasteiger partial charge in [-0.05, 0) is 18.4 Å². The highest BCUT2D eigenvalue weighted by Crippen LogP contribution is 2.34. The highest BCUT2D eigenvalue weighted by Gasteiger charge is 2.29. The number of amides is 2. The third-order valence-electron chi connectivity index (χ3n) is 3.72. The molecule has 0 spiro atoms. The van der Waals surface area contributed by atoms with Gasteiger partial charge in [0.25, 0.3) is 0 Å². The quantitative estimate of drug-likeness (QED) is 0.732. The van der Waals surface area contributed by atoms with Crippen LogP contribution < -0.4 is 16.4 Å². The van der Waals surface area contributed by atoms with Crippen LogP contribution in [0.15, 0.2) is 30.3 Å². The van der Waals surface area contributed by atoms with Gasteiger partial charge in [0, 0.05) is 12.0 Å². The maximum atomic E-state index is 11.8. The fourth-order valence-electron chi connectivity index (χ4n) is 2.74. The Morgan fingerprint density at radius 1 is 1.15 bits per heavy atom. The van der Waals surface area contributed by atoms with E-state index >= 15 is 0 Å². The van der Waals surface area contributed by atoms with Crippen LogP contribution in [0.4, 0.5) is 0 Å². The largest absolute Gasteiger partial charge is 0.351 e. The summed E-state index contributed by atoms with van der Waals surface area (Å²) in [7, 11) is 0. The van der Waals surface area contributed by atoms with E-state index in [9.17, 15) is 9.59 Å². The molecule has 0 radical (unpaired) electrons. The lowest BCUT2D eigenvalue weighted by atomic mass is 9.94. The van der Waals surface area contributed by atoms with Crippen molar-refractivity contribution in [2.45, 2.75) is 31.2 Å². The van der Waals surface area contributed by atoms with Crippen LogP contribution in [0.5, 0.6) is 0 Å². The van der Waals surface area contributed by atoms with E-state index in [0.717, 1.165) is 19.3 Å². The first kappa shape index (κ1) is 14.5. The maximum Gasteiger partial charge on any atom is 0.239 e. The van der Waals surface area contributed by atoms with Crippen LogP contribution in [0.3, 0.4) is 0 Å². The summed E-state index contributed by atoms with van der Waals surface area (Å²) in [6, 6.07) is 10.4. The van der Waals surface area contributed by atoms with Crippen molar-refractivity contribution in [2.75, 3.05) is 13.1 Å². The Hall–Kier alpha value is -1.88. The van der Waals surface area contributed by atoms with Gasteiger partial charge in [0.2, 0.25) is 11.8 Å². The Bertz CT molecular complexity index is 461. The van der Waals surface area contributed by atoms with Crippen molar-refractivity contribution in [2.24, 2.45) is 5.73 Å². The van der Waals surface area contributed by atoms with Gasteiger partial charge in [-0.25, -0.2) is 0 Å². The Morgan fingerprint density at radius 2 is 1.90 bits per heavy atom. The van der Waals surface area contributed by atoms with Crippen molar-refractivity contribution >= 4 is 11.8 Å². The van der Waals surface area contributed by atoms with Gasteiger partial charge in [0.1, 0.15) is 0 Å². The second kappa shape index (κ2) is 7.05. The molecule has 0 aromatic heterocycles. The van der Waals surface area contributed by atoms with E-state index in [-0.39, 0.29) is 30.9 Å². The van der Waals surface area contributed by atoms with Gasteiger partial charge in [0.05, 0.1) is 13.1 Å². The van der Waals surface area contributed by atoms with Crippen molar-refractivity contribution in [1.29, 1.82) is 0 Å². The van der Waals surface area contributed by atoms with Gasteiger partial charge >= 0.3 is 0 Å². The molecule has 0 heterocycles. The number of hydrogen-bond acceptors (Lipinski definition) is 3. The number of rotatable bonds is 5. The monoisotopic (exact) mass is 275 g/mol. The van der Waals surface area contributed by atoms with E-state index in [1.165, 1.54) is 5.56 Å². The second-order valence-corrected chi connectivity index (χ2v) is 5.10. The molecule has 2 amide bonds. The summed E-state index contributed by atoms with van der Waals surface area (Å²) in [5.74, 6) is -0.101. The summed E-state index contributed by atoms with van der Waals surface area (Å²) in [4.78, 5) is 22.9. The molecule has 2 atom stereocenters. The molecule has 4 N–H and O–H groups in total. The van der Waals surface area contributed by atoms with E-state index in [2.05, 4.69) is 22.8 Å². The van der Waals surface area contributed by atoms with Crippen LogP contribution in [-0.2, 0) is 9.59 Å². The molecule has 1 saturated carbocycles. The summed E-state index contributed by atoms with van der Waals surface area (Å²) < 4.78 is 0. The van der Waals surface area contributed by atoms with Gasteiger partial charge in [-0.1, -0.05) is 36.8 Å². The number of benzene rings is 1. The molecule has 108 valence electrons. The van der Waals surface area contributed by atoms with E-state index < -0.39 is 0 Å². The average Bonchev–Trinajstić information content (AvgIpc) is 2.93. The van der Waals surface area contributed by atoms with Gasteiger partial charge in [-0.15, -0.1) is 0 Å². The lowest BCUT2D eigenvalue weighted by Gasteiger charge is -2.21. The zero-order valence-electron chi connectivity index (χ0n) is 11.5. The van der Waals surface area contributed by atoms with Gasteiger partial charge in [0.15, 0.2) is 0 Å². The Morgan fingerprint density at radius 3 is 2.60 bits per heavy atom. The van der Waals surface area contributed by atoms with Crippen molar-refractivity contribution in [3.05, 3.63) is 35.9 Å². The minimum Gasteiger partial charge on any atom is -0.351 e. The first-order chi connectivity index (χ1) is 9.70. The molecule has 0 saturated heterocycles. The minimum atomic E-state index is -0.314. The number of carbonyl (C=O) groups excluding carboxylic acids is 2. The summed E-state index contributed by atoms with van der Waals surface area (Å²) in [5.41, 5.74) is 6.44. The van der Waals surface area contributed by atoms with Crippen LogP contribution in [-0.4, -0.2) is 30.9 Å². The molecular weight excluding hydrogens is 254 g/mol. The number of hydrogen-bond donors (Lipinski definition) is 3. The highest BCUT2D eigenvalue weighted by molar-refractivity contribution is 5.85. The molecule has 1 aromatic rings. The predicted molar refractivity (Wildman–Crippen MR) is 77.0 cm³/mol. The molecule has 2 unspecified atom stereocenters. The predicted octanol–water partition coefficient (Wildman–Crippen LogP) is 0.514. The highest BCUT2D eigenvalue weighted by atomic mass is 16.2. The van der Waals surface area contributed by atoms with Crippen LogP contribution >= 0.6 is 0 Å². The Balaban J connectivity index is 1.88. The van der Waals surface area contributed by atoms with Gasteiger partial charge in [-0.3, -0.25) is 9.59 Å². The van der Waals surface area contributed by atoms with E-state index in [4.69, 9.17) is 5.73 Å². The first-order valence-corrected chi connectivity index (χ1v) is 7.02. The molecule has 1 aromatic carbocycles. The summed E-state index contributed by atoms with van der Waals surface area (Å²) in [6.07, 6.45) is 3.18. The summed E-state index contributed by atoms with van der Waals surface area (Å²) >= 11 is 0. The lowest BCUT2D eigenvalue weighted by Crippen LogP contribution is -2.44. The lowest BCUT2D eigenvalue weighted by molar-refractivity contribution is -0.125. The van der Waals surface area contributed by atoms with Crippen LogP contribution in [0.1, 0.15) is 30.7 Å². The number of nitrogens with one attached hydrogen (secondary N) is 2. The molecule has 1 aliphatic carbocycles. The zero-order valence-corrected chi connectivity index (χ0v) is 11.5. The minimum absolute atomic E-state index is 0.00591. The molecule has 5 heteroatoms. The molecule has 1 aliphatic rings. The first-order valence-electron chi connectivity index (χ1n) is 7.02. The topological polar surface area (TPSA) is 84.2 Å². The Labute approximate surface area is 118 Å². The van der Waals surface area contributed by atoms with Crippen molar-refractivity contribution in [1.82, 2.24) is 10.6 Å². The molecule has 0 aliphatic heterocycles. The third-order valence-corrected chi connectivity index (χ3v) is 3.72. The molecule has 20 heavy (non-hydrogen) atoms. The number of nitrogens with two attached hydrogens (primary N) is 1. The molecular formula is C15H21N3O2. The second-order valence-electron chi connectivity index (χ2n) is 5.10. The van der Waals surface area contributed by atoms with E-state index in [0.29, 0.717) is 5.92 Å². The van der Waals surface area contributed by atoms with Crippen LogP contribution in [0.2, 0.25) is 0 Å². The van der Waals surface area contributed by atoms with E-state index in [1.807, 2.05) is 18.2 Å². The van der Waals surface area contributed by atoms with Crippen LogP contribution in [0.25, 0.3) is 0 Å².